The van der Waals surface area contributed by atoms with Gasteiger partial charge in [0.25, 0.3) is 11.8 Å². The summed E-state index contributed by atoms with van der Waals surface area (Å²) in [7, 11) is 0. The first kappa shape index (κ1) is 21.9. The van der Waals surface area contributed by atoms with E-state index in [1.54, 1.807) is 0 Å². The number of nitrogens with one attached hydrogen (secondary N) is 2. The van der Waals surface area contributed by atoms with Crippen molar-refractivity contribution in [2.45, 2.75) is 19.2 Å². The maximum atomic E-state index is 13.5. The highest BCUT2D eigenvalue weighted by atomic mass is 19.4. The molecule has 0 fully saturated rings. The van der Waals surface area contributed by atoms with E-state index in [2.05, 4.69) is 10.6 Å². The number of amides is 2. The van der Waals surface area contributed by atoms with Crippen LogP contribution in [0.25, 0.3) is 0 Å². The van der Waals surface area contributed by atoms with Gasteiger partial charge in [-0.05, 0) is 43.3 Å². The quantitative estimate of drug-likeness (QED) is 0.564. The van der Waals surface area contributed by atoms with Crippen LogP contribution in [0, 0.1) is 5.82 Å². The molecule has 0 saturated carbocycles. The molecule has 29 heavy (non-hydrogen) atoms. The van der Waals surface area contributed by atoms with Gasteiger partial charge in [0.05, 0.1) is 11.1 Å². The second-order valence-electron chi connectivity index (χ2n) is 5.86. The van der Waals surface area contributed by atoms with Gasteiger partial charge in [0, 0.05) is 5.69 Å². The molecule has 2 aromatic rings. The third-order valence-corrected chi connectivity index (χ3v) is 3.67. The summed E-state index contributed by atoms with van der Waals surface area (Å²) < 4.78 is 55.9. The Balaban J connectivity index is 1.83. The molecular weight excluding hydrogens is 396 g/mol. The summed E-state index contributed by atoms with van der Waals surface area (Å²) in [5, 5.41) is 4.47. The number of carbonyl (C=O) groups excluding carboxylic acids is 3. The van der Waals surface area contributed by atoms with Gasteiger partial charge in [-0.3, -0.25) is 14.4 Å². The Bertz CT molecular complexity index is 898. The molecule has 0 unspecified atom stereocenters. The van der Waals surface area contributed by atoms with Crippen LogP contribution in [0.15, 0.2) is 48.5 Å². The lowest BCUT2D eigenvalue weighted by Crippen LogP contribution is -2.36. The van der Waals surface area contributed by atoms with Gasteiger partial charge in [0.1, 0.15) is 12.4 Å². The predicted molar refractivity (Wildman–Crippen MR) is 94.4 cm³/mol. The SMILES string of the molecule is C[C@H](OC(=O)CNC(=O)c1ccccc1F)C(=O)Nc1ccc(C(F)(F)F)cc1. The molecule has 0 spiro atoms. The van der Waals surface area contributed by atoms with Gasteiger partial charge in [-0.2, -0.15) is 13.2 Å². The fourth-order valence-corrected chi connectivity index (χ4v) is 2.17. The van der Waals surface area contributed by atoms with Crippen LogP contribution in [0.2, 0.25) is 0 Å². The van der Waals surface area contributed by atoms with Crippen molar-refractivity contribution < 1.29 is 36.7 Å². The summed E-state index contributed by atoms with van der Waals surface area (Å²) in [4.78, 5) is 35.5. The van der Waals surface area contributed by atoms with Crippen molar-refractivity contribution in [3.8, 4) is 0 Å². The number of ether oxygens (including phenoxy) is 1. The maximum absolute atomic E-state index is 13.5. The molecule has 0 aromatic heterocycles. The largest absolute Gasteiger partial charge is 0.451 e. The Labute approximate surface area is 162 Å². The average molecular weight is 412 g/mol. The van der Waals surface area contributed by atoms with Gasteiger partial charge in [-0.25, -0.2) is 4.39 Å². The van der Waals surface area contributed by atoms with E-state index < -0.39 is 48.0 Å². The standard InChI is InChI=1S/C19H16F4N2O4/c1-11(17(27)25-13-8-6-12(7-9-13)19(21,22)23)29-16(26)10-24-18(28)14-4-2-3-5-15(14)20/h2-9,11H,10H2,1H3,(H,24,28)(H,25,27)/t11-/m0/s1. The van der Waals surface area contributed by atoms with Crippen LogP contribution in [-0.2, 0) is 20.5 Å². The second kappa shape index (κ2) is 9.18. The predicted octanol–water partition coefficient (Wildman–Crippen LogP) is 3.14. The zero-order valence-corrected chi connectivity index (χ0v) is 15.0. The van der Waals surface area contributed by atoms with E-state index in [-0.39, 0.29) is 11.3 Å². The van der Waals surface area contributed by atoms with E-state index >= 15 is 0 Å². The Morgan fingerprint density at radius 2 is 1.66 bits per heavy atom. The van der Waals surface area contributed by atoms with Crippen LogP contribution < -0.4 is 10.6 Å². The summed E-state index contributed by atoms with van der Waals surface area (Å²) in [6, 6.07) is 8.88. The maximum Gasteiger partial charge on any atom is 0.416 e. The average Bonchev–Trinajstić information content (AvgIpc) is 2.66. The molecule has 1 atom stereocenters. The molecular formula is C19H16F4N2O4. The van der Waals surface area contributed by atoms with Gasteiger partial charge in [0.15, 0.2) is 6.10 Å². The van der Waals surface area contributed by atoms with E-state index in [1.807, 2.05) is 0 Å². The Hall–Kier alpha value is -3.43. The van der Waals surface area contributed by atoms with Crippen molar-refractivity contribution in [2.75, 3.05) is 11.9 Å². The highest BCUT2D eigenvalue weighted by Crippen LogP contribution is 2.29. The summed E-state index contributed by atoms with van der Waals surface area (Å²) in [6.45, 7) is 0.640. The lowest BCUT2D eigenvalue weighted by Gasteiger charge is -2.14. The van der Waals surface area contributed by atoms with E-state index in [9.17, 15) is 31.9 Å². The number of alkyl halides is 3. The molecule has 2 N–H and O–H groups in total. The molecule has 10 heteroatoms. The minimum absolute atomic E-state index is 0.0822. The van der Waals surface area contributed by atoms with Crippen LogP contribution >= 0.6 is 0 Å². The summed E-state index contributed by atoms with van der Waals surface area (Å²) in [5.41, 5.74) is -1.05. The molecule has 154 valence electrons. The molecule has 0 heterocycles. The van der Waals surface area contributed by atoms with Crippen molar-refractivity contribution in [3.63, 3.8) is 0 Å². The van der Waals surface area contributed by atoms with Crippen LogP contribution in [0.5, 0.6) is 0 Å². The summed E-state index contributed by atoms with van der Waals surface area (Å²) in [5.74, 6) is -3.33. The van der Waals surface area contributed by atoms with E-state index in [4.69, 9.17) is 4.74 Å². The molecule has 6 nitrogen and oxygen atoms in total. The number of halogens is 4. The molecule has 2 aromatic carbocycles. The van der Waals surface area contributed by atoms with Crippen LogP contribution in [-0.4, -0.2) is 30.4 Å². The molecule has 0 aliphatic rings. The normalized spacial score (nSPS) is 12.0. The smallest absolute Gasteiger partial charge is 0.416 e. The molecule has 0 bridgehead atoms. The Morgan fingerprint density at radius 3 is 2.24 bits per heavy atom. The van der Waals surface area contributed by atoms with Gasteiger partial charge >= 0.3 is 12.1 Å². The zero-order chi connectivity index (χ0) is 21.6. The van der Waals surface area contributed by atoms with E-state index in [1.165, 1.54) is 25.1 Å². The monoisotopic (exact) mass is 412 g/mol. The van der Waals surface area contributed by atoms with Crippen molar-refractivity contribution in [2.24, 2.45) is 0 Å². The van der Waals surface area contributed by atoms with Crippen LogP contribution in [0.4, 0.5) is 23.2 Å². The Kier molecular flexibility index (Phi) is 6.92. The van der Waals surface area contributed by atoms with Gasteiger partial charge in [-0.15, -0.1) is 0 Å². The topological polar surface area (TPSA) is 84.5 Å². The molecule has 0 aliphatic carbocycles. The second-order valence-corrected chi connectivity index (χ2v) is 5.86. The number of carbonyl (C=O) groups is 3. The van der Waals surface area contributed by atoms with Crippen molar-refractivity contribution in [1.82, 2.24) is 5.32 Å². The van der Waals surface area contributed by atoms with Crippen molar-refractivity contribution >= 4 is 23.5 Å². The summed E-state index contributed by atoms with van der Waals surface area (Å²) in [6.07, 6.45) is -5.78. The molecule has 0 radical (unpaired) electrons. The molecule has 2 rings (SSSR count). The number of hydrogen-bond acceptors (Lipinski definition) is 4. The highest BCUT2D eigenvalue weighted by molar-refractivity contribution is 5.97. The molecule has 2 amide bonds. The number of esters is 1. The van der Waals surface area contributed by atoms with Crippen LogP contribution in [0.3, 0.4) is 0 Å². The first-order valence-corrected chi connectivity index (χ1v) is 8.28. The zero-order valence-electron chi connectivity index (χ0n) is 15.0. The third-order valence-electron chi connectivity index (χ3n) is 3.67. The van der Waals surface area contributed by atoms with E-state index in [0.717, 1.165) is 30.3 Å². The first-order chi connectivity index (χ1) is 13.6. The number of rotatable bonds is 6. The van der Waals surface area contributed by atoms with Gasteiger partial charge in [0.2, 0.25) is 0 Å². The fourth-order valence-electron chi connectivity index (χ4n) is 2.17. The lowest BCUT2D eigenvalue weighted by molar-refractivity contribution is -0.152. The number of benzene rings is 2. The summed E-state index contributed by atoms with van der Waals surface area (Å²) >= 11 is 0. The minimum Gasteiger partial charge on any atom is -0.451 e. The van der Waals surface area contributed by atoms with Crippen LogP contribution in [0.1, 0.15) is 22.8 Å². The molecule has 0 aliphatic heterocycles. The van der Waals surface area contributed by atoms with E-state index in [0.29, 0.717) is 0 Å². The third kappa shape index (κ3) is 6.30. The molecule has 0 saturated heterocycles. The Morgan fingerprint density at radius 1 is 1.03 bits per heavy atom. The number of anilines is 1. The highest BCUT2D eigenvalue weighted by Gasteiger charge is 2.30. The number of hydrogen-bond donors (Lipinski definition) is 2. The van der Waals surface area contributed by atoms with Gasteiger partial charge in [-0.1, -0.05) is 12.1 Å². The first-order valence-electron chi connectivity index (χ1n) is 8.28. The van der Waals surface area contributed by atoms with Crippen molar-refractivity contribution in [3.05, 3.63) is 65.5 Å². The minimum atomic E-state index is -4.50. The fraction of sp³-hybridized carbons (Fsp3) is 0.211. The van der Waals surface area contributed by atoms with Gasteiger partial charge < -0.3 is 15.4 Å². The van der Waals surface area contributed by atoms with Crippen molar-refractivity contribution in [1.29, 1.82) is 0 Å². The lowest BCUT2D eigenvalue weighted by atomic mass is 10.2.